The van der Waals surface area contributed by atoms with Gasteiger partial charge in [-0.1, -0.05) is 13.8 Å². The lowest BCUT2D eigenvalue weighted by Gasteiger charge is -2.60. The normalized spacial score (nSPS) is 51.3. The van der Waals surface area contributed by atoms with Gasteiger partial charge in [0.05, 0.1) is 35.1 Å². The summed E-state index contributed by atoms with van der Waals surface area (Å²) >= 11 is 0. The molecule has 3 saturated carbocycles. The highest BCUT2D eigenvalue weighted by Gasteiger charge is 2.71. The molecule has 0 aromatic heterocycles. The molecule has 37 heavy (non-hydrogen) atoms. The third-order valence-electron chi connectivity index (χ3n) is 11.4. The Bertz CT molecular complexity index is 983. The van der Waals surface area contributed by atoms with E-state index < -0.39 is 45.6 Å². The van der Waals surface area contributed by atoms with Crippen molar-refractivity contribution in [3.05, 3.63) is 11.6 Å². The lowest BCUT2D eigenvalue weighted by Crippen LogP contribution is -2.62. The van der Waals surface area contributed by atoms with Crippen LogP contribution in [0.5, 0.6) is 0 Å². The fourth-order valence-corrected chi connectivity index (χ4v) is 9.49. The van der Waals surface area contributed by atoms with E-state index in [0.29, 0.717) is 25.7 Å². The monoisotopic (exact) mass is 520 g/mol. The van der Waals surface area contributed by atoms with Crippen molar-refractivity contribution in [3.63, 3.8) is 0 Å². The largest absolute Gasteiger partial charge is 0.390 e. The summed E-state index contributed by atoms with van der Waals surface area (Å²) in [6.07, 6.45) is 4.51. The molecule has 10 atom stereocenters. The number of hydrogen-bond donors (Lipinski definition) is 4. The number of rotatable bonds is 4. The lowest BCUT2D eigenvalue weighted by molar-refractivity contribution is -0.191. The number of ketones is 1. The van der Waals surface area contributed by atoms with Crippen molar-refractivity contribution in [2.45, 2.75) is 141 Å². The zero-order chi connectivity index (χ0) is 27.4. The van der Waals surface area contributed by atoms with Crippen molar-refractivity contribution in [3.8, 4) is 0 Å². The summed E-state index contributed by atoms with van der Waals surface area (Å²) in [6, 6.07) is 0. The summed E-state index contributed by atoms with van der Waals surface area (Å²) in [5, 5.41) is 43.9. The Morgan fingerprint density at radius 1 is 1.03 bits per heavy atom. The first-order chi connectivity index (χ1) is 16.9. The van der Waals surface area contributed by atoms with Gasteiger partial charge >= 0.3 is 0 Å². The van der Waals surface area contributed by atoms with Gasteiger partial charge in [0.1, 0.15) is 0 Å². The number of carbonyl (C=O) groups excluding carboxylic acids is 1. The topological polar surface area (TPSA) is 116 Å². The van der Waals surface area contributed by atoms with Gasteiger partial charge in [-0.25, -0.2) is 0 Å². The van der Waals surface area contributed by atoms with Crippen molar-refractivity contribution in [1.82, 2.24) is 0 Å². The SMILES string of the molecule is CC(C)(O)CC[C@H]1OC(C)(C)O[C@]1(C)[C@H]1CC[C@@]2(O)C3=CC(=O)[C@@H]4C[C@@H](O)[C@@H](O)C[C@]4(C)[C@H]3CC[C@@]12C. The average Bonchev–Trinajstić information content (AvgIpc) is 3.17. The van der Waals surface area contributed by atoms with E-state index in [1.165, 1.54) is 0 Å². The van der Waals surface area contributed by atoms with Crippen molar-refractivity contribution in [1.29, 1.82) is 0 Å². The van der Waals surface area contributed by atoms with Crippen LogP contribution in [0, 0.1) is 28.6 Å². The molecule has 1 saturated heterocycles. The Labute approximate surface area is 221 Å². The molecule has 0 radical (unpaired) electrons. The van der Waals surface area contributed by atoms with Gasteiger partial charge in [-0.2, -0.15) is 0 Å². The van der Waals surface area contributed by atoms with Crippen LogP contribution in [0.4, 0.5) is 0 Å². The number of ether oxygens (including phenoxy) is 2. The van der Waals surface area contributed by atoms with Crippen molar-refractivity contribution in [2.75, 3.05) is 0 Å². The Morgan fingerprint density at radius 2 is 1.70 bits per heavy atom. The second-order valence-electron chi connectivity index (χ2n) is 14.7. The molecule has 1 aliphatic heterocycles. The van der Waals surface area contributed by atoms with E-state index in [1.54, 1.807) is 6.08 Å². The van der Waals surface area contributed by atoms with Gasteiger partial charge < -0.3 is 29.9 Å². The van der Waals surface area contributed by atoms with Crippen LogP contribution in [0.25, 0.3) is 0 Å². The van der Waals surface area contributed by atoms with E-state index >= 15 is 0 Å². The van der Waals surface area contributed by atoms with E-state index in [-0.39, 0.29) is 36.1 Å². The Hall–Kier alpha value is -0.830. The van der Waals surface area contributed by atoms with Crippen LogP contribution in [0.2, 0.25) is 0 Å². The van der Waals surface area contributed by atoms with E-state index in [9.17, 15) is 25.2 Å². The van der Waals surface area contributed by atoms with Gasteiger partial charge in [-0.05, 0) is 115 Å². The Morgan fingerprint density at radius 3 is 2.35 bits per heavy atom. The molecular formula is C30H48O7. The van der Waals surface area contributed by atoms with Gasteiger partial charge in [-0.15, -0.1) is 0 Å². The number of carbonyl (C=O) groups is 1. The fourth-order valence-electron chi connectivity index (χ4n) is 9.49. The first-order valence-corrected chi connectivity index (χ1v) is 14.3. The summed E-state index contributed by atoms with van der Waals surface area (Å²) in [6.45, 7) is 13.8. The summed E-state index contributed by atoms with van der Waals surface area (Å²) in [5.41, 5.74) is -2.79. The molecular weight excluding hydrogens is 472 g/mol. The van der Waals surface area contributed by atoms with Gasteiger partial charge in [0.15, 0.2) is 11.6 Å². The number of hydrogen-bond acceptors (Lipinski definition) is 7. The van der Waals surface area contributed by atoms with Gasteiger partial charge in [-0.3, -0.25) is 4.79 Å². The average molecular weight is 521 g/mol. The molecule has 5 aliphatic rings. The molecule has 7 heteroatoms. The highest BCUT2D eigenvalue weighted by atomic mass is 16.8. The summed E-state index contributed by atoms with van der Waals surface area (Å²) in [4.78, 5) is 13.4. The molecule has 0 aromatic rings. The van der Waals surface area contributed by atoms with Gasteiger partial charge in [0, 0.05) is 11.3 Å². The third-order valence-corrected chi connectivity index (χ3v) is 11.4. The summed E-state index contributed by atoms with van der Waals surface area (Å²) < 4.78 is 13.1. The maximum Gasteiger partial charge on any atom is 0.164 e. The van der Waals surface area contributed by atoms with Crippen molar-refractivity contribution >= 4 is 5.78 Å². The smallest absolute Gasteiger partial charge is 0.164 e. The Balaban J connectivity index is 1.51. The van der Waals surface area contributed by atoms with Gasteiger partial charge in [0.2, 0.25) is 0 Å². The van der Waals surface area contributed by atoms with Crippen LogP contribution in [0.15, 0.2) is 11.6 Å². The number of allylic oxidation sites excluding steroid dienone is 1. The third kappa shape index (κ3) is 4.02. The maximum atomic E-state index is 13.4. The molecule has 210 valence electrons. The first kappa shape index (κ1) is 27.7. The minimum Gasteiger partial charge on any atom is -0.390 e. The standard InChI is InChI=1S/C30H48O7/c1-25(2,34)11-10-24-29(7,37-26(3,4)36-24)23-9-13-30(35)18-14-20(31)19-15-21(32)22(33)16-27(19,5)17(18)8-12-28(23,30)6/h14,17,19,21-24,32-35H,8-13,15-16H2,1-7H3/t17-,19-,21+,22-,23-,24+,27+,28-,29+,30+/m0/s1. The molecule has 0 spiro atoms. The van der Waals surface area contributed by atoms with Crippen LogP contribution in [0.3, 0.4) is 0 Å². The van der Waals surface area contributed by atoms with Crippen LogP contribution in [-0.4, -0.2) is 67.1 Å². The van der Waals surface area contributed by atoms with Gasteiger partial charge in [0.25, 0.3) is 0 Å². The summed E-state index contributed by atoms with van der Waals surface area (Å²) in [5.74, 6) is -1.14. The second-order valence-corrected chi connectivity index (χ2v) is 14.7. The predicted molar refractivity (Wildman–Crippen MR) is 138 cm³/mol. The van der Waals surface area contributed by atoms with E-state index in [2.05, 4.69) is 20.8 Å². The molecule has 0 bridgehead atoms. The summed E-state index contributed by atoms with van der Waals surface area (Å²) in [7, 11) is 0. The molecule has 4 fully saturated rings. The second kappa shape index (κ2) is 8.34. The molecule has 1 heterocycles. The Kier molecular flexibility index (Phi) is 6.25. The number of aliphatic hydroxyl groups excluding tert-OH is 2. The fraction of sp³-hybridized carbons (Fsp3) is 0.900. The first-order valence-electron chi connectivity index (χ1n) is 14.3. The quantitative estimate of drug-likeness (QED) is 0.447. The molecule has 7 nitrogen and oxygen atoms in total. The number of aliphatic hydroxyl groups is 4. The maximum absolute atomic E-state index is 13.4. The highest BCUT2D eigenvalue weighted by molar-refractivity contribution is 5.95. The van der Waals surface area contributed by atoms with Crippen LogP contribution < -0.4 is 0 Å². The van der Waals surface area contributed by atoms with Crippen molar-refractivity contribution in [2.24, 2.45) is 28.6 Å². The zero-order valence-corrected chi connectivity index (χ0v) is 23.7. The highest BCUT2D eigenvalue weighted by Crippen LogP contribution is 2.69. The van der Waals surface area contributed by atoms with Crippen molar-refractivity contribution < 1.29 is 34.7 Å². The van der Waals surface area contributed by atoms with E-state index in [0.717, 1.165) is 24.8 Å². The minimum atomic E-state index is -1.15. The van der Waals surface area contributed by atoms with Crippen LogP contribution in [0.1, 0.15) is 99.8 Å². The molecule has 4 N–H and O–H groups in total. The molecule has 5 rings (SSSR count). The zero-order valence-electron chi connectivity index (χ0n) is 23.7. The molecule has 0 amide bonds. The van der Waals surface area contributed by atoms with Crippen LogP contribution >= 0.6 is 0 Å². The van der Waals surface area contributed by atoms with Crippen LogP contribution in [-0.2, 0) is 14.3 Å². The minimum absolute atomic E-state index is 0.000157. The molecule has 0 aromatic carbocycles. The molecule has 4 aliphatic carbocycles. The lowest BCUT2D eigenvalue weighted by atomic mass is 9.45. The number of fused-ring (bicyclic) bond motifs is 5. The van der Waals surface area contributed by atoms with E-state index in [1.807, 2.05) is 27.7 Å². The molecule has 0 unspecified atom stereocenters. The predicted octanol–water partition coefficient (Wildman–Crippen LogP) is 3.65. The van der Waals surface area contributed by atoms with E-state index in [4.69, 9.17) is 9.47 Å².